The van der Waals surface area contributed by atoms with Gasteiger partial charge in [0.05, 0.1) is 11.2 Å². The van der Waals surface area contributed by atoms with E-state index in [1.54, 1.807) is 36.0 Å². The highest BCUT2D eigenvalue weighted by Gasteiger charge is 2.20. The molecule has 0 spiro atoms. The number of hydrogen-bond acceptors (Lipinski definition) is 2. The number of ketones is 1. The van der Waals surface area contributed by atoms with E-state index in [2.05, 4.69) is 5.10 Å². The van der Waals surface area contributed by atoms with Gasteiger partial charge in [0.2, 0.25) is 0 Å². The summed E-state index contributed by atoms with van der Waals surface area (Å²) in [5.74, 6) is -0.0835. The van der Waals surface area contributed by atoms with E-state index in [9.17, 15) is 4.79 Å². The first-order valence-electron chi connectivity index (χ1n) is 5.49. The Balaban J connectivity index is 2.31. The van der Waals surface area contributed by atoms with Crippen LogP contribution in [0.4, 0.5) is 0 Å². The quantitative estimate of drug-likeness (QED) is 0.800. The van der Waals surface area contributed by atoms with E-state index < -0.39 is 6.04 Å². The van der Waals surface area contributed by atoms with Gasteiger partial charge in [0.1, 0.15) is 6.04 Å². The van der Waals surface area contributed by atoms with Crippen LogP contribution in [0.1, 0.15) is 28.9 Å². The molecule has 1 aromatic heterocycles. The first kappa shape index (κ1) is 13.1. The van der Waals surface area contributed by atoms with Crippen molar-refractivity contribution in [3.63, 3.8) is 0 Å². The van der Waals surface area contributed by atoms with Gasteiger partial charge in [0, 0.05) is 16.8 Å². The summed E-state index contributed by atoms with van der Waals surface area (Å²) >= 11 is 11.8. The molecule has 0 N–H and O–H groups in total. The van der Waals surface area contributed by atoms with Crippen molar-refractivity contribution < 1.29 is 4.79 Å². The Hall–Kier alpha value is -1.32. The SMILES string of the molecule is Cc1cnn(C(C)C(=O)c2ccc(Cl)cc2Cl)c1. The average Bonchev–Trinajstić information content (AvgIpc) is 2.74. The van der Waals surface area contributed by atoms with Crippen molar-refractivity contribution in [2.24, 2.45) is 0 Å². The Morgan fingerprint density at radius 3 is 2.67 bits per heavy atom. The van der Waals surface area contributed by atoms with Crippen LogP contribution in [0.15, 0.2) is 30.6 Å². The van der Waals surface area contributed by atoms with Crippen molar-refractivity contribution in [2.45, 2.75) is 19.9 Å². The van der Waals surface area contributed by atoms with Crippen LogP contribution in [0.5, 0.6) is 0 Å². The number of Topliss-reactive ketones (excluding diaryl/α,β-unsaturated/α-hetero) is 1. The summed E-state index contributed by atoms with van der Waals surface area (Å²) in [6.07, 6.45) is 3.54. The average molecular weight is 283 g/mol. The minimum Gasteiger partial charge on any atom is -0.292 e. The molecule has 2 aromatic rings. The molecule has 0 aliphatic rings. The lowest BCUT2D eigenvalue weighted by atomic mass is 10.1. The molecule has 0 saturated heterocycles. The van der Waals surface area contributed by atoms with Gasteiger partial charge in [-0.2, -0.15) is 5.10 Å². The minimum absolute atomic E-state index is 0.0835. The van der Waals surface area contributed by atoms with Gasteiger partial charge in [-0.05, 0) is 37.6 Å². The van der Waals surface area contributed by atoms with E-state index in [4.69, 9.17) is 23.2 Å². The third kappa shape index (κ3) is 2.57. The zero-order valence-electron chi connectivity index (χ0n) is 10.0. The van der Waals surface area contributed by atoms with Crippen molar-refractivity contribution >= 4 is 29.0 Å². The lowest BCUT2D eigenvalue weighted by Crippen LogP contribution is -2.17. The lowest BCUT2D eigenvalue weighted by molar-refractivity contribution is 0.0928. The lowest BCUT2D eigenvalue weighted by Gasteiger charge is -2.12. The molecular weight excluding hydrogens is 271 g/mol. The number of carbonyl (C=O) groups is 1. The topological polar surface area (TPSA) is 34.9 Å². The molecular formula is C13H12Cl2N2O. The van der Waals surface area contributed by atoms with Gasteiger partial charge in [-0.1, -0.05) is 23.2 Å². The number of nitrogens with zero attached hydrogens (tertiary/aromatic N) is 2. The molecule has 0 aliphatic carbocycles. The van der Waals surface area contributed by atoms with Crippen LogP contribution in [-0.4, -0.2) is 15.6 Å². The number of rotatable bonds is 3. The molecule has 1 unspecified atom stereocenters. The van der Waals surface area contributed by atoms with E-state index >= 15 is 0 Å². The monoisotopic (exact) mass is 282 g/mol. The van der Waals surface area contributed by atoms with Gasteiger partial charge < -0.3 is 0 Å². The second kappa shape index (κ2) is 5.12. The predicted octanol–water partition coefficient (Wildman–Crippen LogP) is 3.94. The highest BCUT2D eigenvalue weighted by atomic mass is 35.5. The van der Waals surface area contributed by atoms with Gasteiger partial charge in [0.25, 0.3) is 0 Å². The van der Waals surface area contributed by atoms with E-state index in [1.165, 1.54) is 0 Å². The fourth-order valence-electron chi connectivity index (χ4n) is 1.68. The fraction of sp³-hybridized carbons (Fsp3) is 0.231. The first-order chi connectivity index (χ1) is 8.49. The molecule has 1 heterocycles. The molecule has 1 atom stereocenters. The van der Waals surface area contributed by atoms with Crippen molar-refractivity contribution in [1.82, 2.24) is 9.78 Å². The first-order valence-corrected chi connectivity index (χ1v) is 6.24. The van der Waals surface area contributed by atoms with Crippen LogP contribution in [0.3, 0.4) is 0 Å². The Labute approximate surface area is 115 Å². The molecule has 0 fully saturated rings. The number of aromatic nitrogens is 2. The second-order valence-corrected chi connectivity index (χ2v) is 5.01. The Kier molecular flexibility index (Phi) is 3.73. The summed E-state index contributed by atoms with van der Waals surface area (Å²) in [4.78, 5) is 12.3. The zero-order valence-corrected chi connectivity index (χ0v) is 11.5. The molecule has 0 saturated carbocycles. The summed E-state index contributed by atoms with van der Waals surface area (Å²) in [7, 11) is 0. The third-order valence-electron chi connectivity index (χ3n) is 2.70. The van der Waals surface area contributed by atoms with Gasteiger partial charge >= 0.3 is 0 Å². The van der Waals surface area contributed by atoms with Crippen molar-refractivity contribution in [2.75, 3.05) is 0 Å². The Morgan fingerprint density at radius 1 is 1.39 bits per heavy atom. The third-order valence-corrected chi connectivity index (χ3v) is 3.25. The number of benzene rings is 1. The second-order valence-electron chi connectivity index (χ2n) is 4.16. The summed E-state index contributed by atoms with van der Waals surface area (Å²) in [6.45, 7) is 3.72. The van der Waals surface area contributed by atoms with Crippen molar-refractivity contribution in [3.8, 4) is 0 Å². The molecule has 3 nitrogen and oxygen atoms in total. The van der Waals surface area contributed by atoms with E-state index in [1.807, 2.05) is 13.1 Å². The van der Waals surface area contributed by atoms with Gasteiger partial charge in [-0.25, -0.2) is 0 Å². The molecule has 0 amide bonds. The molecule has 2 rings (SSSR count). The van der Waals surface area contributed by atoms with Crippen LogP contribution in [0.2, 0.25) is 10.0 Å². The molecule has 0 aliphatic heterocycles. The van der Waals surface area contributed by atoms with Crippen LogP contribution in [0, 0.1) is 6.92 Å². The summed E-state index contributed by atoms with van der Waals surface area (Å²) in [6, 6.07) is 4.47. The van der Waals surface area contributed by atoms with Crippen LogP contribution in [0.25, 0.3) is 0 Å². The highest BCUT2D eigenvalue weighted by molar-refractivity contribution is 6.36. The zero-order chi connectivity index (χ0) is 13.3. The van der Waals surface area contributed by atoms with Crippen LogP contribution < -0.4 is 0 Å². The highest BCUT2D eigenvalue weighted by Crippen LogP contribution is 2.24. The summed E-state index contributed by atoms with van der Waals surface area (Å²) in [5.41, 5.74) is 1.47. The molecule has 0 bridgehead atoms. The number of hydrogen-bond donors (Lipinski definition) is 0. The Bertz CT molecular complexity index is 592. The van der Waals surface area contributed by atoms with Gasteiger partial charge in [-0.3, -0.25) is 9.48 Å². The van der Waals surface area contributed by atoms with Gasteiger partial charge in [-0.15, -0.1) is 0 Å². The molecule has 0 radical (unpaired) electrons. The smallest absolute Gasteiger partial charge is 0.188 e. The van der Waals surface area contributed by atoms with Crippen LogP contribution >= 0.6 is 23.2 Å². The fourth-order valence-corrected chi connectivity index (χ4v) is 2.18. The van der Waals surface area contributed by atoms with Crippen molar-refractivity contribution in [1.29, 1.82) is 0 Å². The molecule has 94 valence electrons. The van der Waals surface area contributed by atoms with E-state index in [0.717, 1.165) is 5.56 Å². The number of carbonyl (C=O) groups excluding carboxylic acids is 1. The number of halogens is 2. The summed E-state index contributed by atoms with van der Waals surface area (Å²) < 4.78 is 1.63. The maximum atomic E-state index is 12.3. The largest absolute Gasteiger partial charge is 0.292 e. The summed E-state index contributed by atoms with van der Waals surface area (Å²) in [5, 5.41) is 5.01. The normalized spacial score (nSPS) is 12.4. The van der Waals surface area contributed by atoms with Crippen LogP contribution in [-0.2, 0) is 0 Å². The minimum atomic E-state index is -0.391. The van der Waals surface area contributed by atoms with Crippen molar-refractivity contribution in [3.05, 3.63) is 51.8 Å². The Morgan fingerprint density at radius 2 is 2.11 bits per heavy atom. The predicted molar refractivity (Wildman–Crippen MR) is 72.5 cm³/mol. The number of aryl methyl sites for hydroxylation is 1. The maximum Gasteiger partial charge on any atom is 0.188 e. The molecule has 1 aromatic carbocycles. The molecule has 18 heavy (non-hydrogen) atoms. The van der Waals surface area contributed by atoms with E-state index in [0.29, 0.717) is 15.6 Å². The maximum absolute atomic E-state index is 12.3. The standard InChI is InChI=1S/C13H12Cl2N2O/c1-8-6-16-17(7-8)9(2)13(18)11-4-3-10(14)5-12(11)15/h3-7,9H,1-2H3. The molecule has 5 heteroatoms. The van der Waals surface area contributed by atoms with E-state index in [-0.39, 0.29) is 5.78 Å². The van der Waals surface area contributed by atoms with Gasteiger partial charge in [0.15, 0.2) is 5.78 Å².